The zero-order chi connectivity index (χ0) is 31.4. The molecule has 45 heavy (non-hydrogen) atoms. The van der Waals surface area contributed by atoms with Crippen molar-refractivity contribution in [2.24, 2.45) is 5.73 Å². The average molecular weight is 627 g/mol. The molecule has 0 bridgehead atoms. The van der Waals surface area contributed by atoms with Gasteiger partial charge in [0.2, 0.25) is 10.0 Å². The highest BCUT2D eigenvalue weighted by atomic mass is 32.2. The summed E-state index contributed by atoms with van der Waals surface area (Å²) < 4.78 is 31.2. The van der Waals surface area contributed by atoms with Crippen molar-refractivity contribution in [2.75, 3.05) is 19.6 Å². The van der Waals surface area contributed by atoms with Gasteiger partial charge in [0.15, 0.2) is 0 Å². The molecule has 1 fully saturated rings. The van der Waals surface area contributed by atoms with Gasteiger partial charge in [0.05, 0.1) is 17.2 Å². The monoisotopic (exact) mass is 626 g/mol. The quantitative estimate of drug-likeness (QED) is 0.175. The molecule has 5 N–H and O–H groups in total. The Morgan fingerprint density at radius 2 is 1.69 bits per heavy atom. The summed E-state index contributed by atoms with van der Waals surface area (Å²) in [6.07, 6.45) is 4.67. The van der Waals surface area contributed by atoms with Gasteiger partial charge in [-0.3, -0.25) is 4.57 Å². The first kappa shape index (κ1) is 30.9. The van der Waals surface area contributed by atoms with Crippen LogP contribution in [0.2, 0.25) is 0 Å². The number of sulfonamides is 1. The van der Waals surface area contributed by atoms with Gasteiger partial charge in [-0.2, -0.15) is 9.29 Å². The number of nitrogens with zero attached hydrogens (tertiary/aromatic N) is 3. The Bertz CT molecular complexity index is 1930. The number of hydrogen-bond acceptors (Lipinski definition) is 7. The van der Waals surface area contributed by atoms with Crippen LogP contribution in [0.5, 0.6) is 0 Å². The van der Waals surface area contributed by atoms with E-state index in [1.807, 2.05) is 54.6 Å². The van der Waals surface area contributed by atoms with Gasteiger partial charge in [0.1, 0.15) is 5.65 Å². The lowest BCUT2D eigenvalue weighted by molar-refractivity contribution is 0.260. The molecule has 3 aromatic carbocycles. The molecule has 0 unspecified atom stereocenters. The minimum absolute atomic E-state index is 0.0158. The molecule has 0 atom stereocenters. The second kappa shape index (κ2) is 13.5. The number of aromatic amines is 1. The third kappa shape index (κ3) is 6.77. The summed E-state index contributed by atoms with van der Waals surface area (Å²) in [6, 6.07) is 23.9. The number of benzene rings is 3. The van der Waals surface area contributed by atoms with Crippen LogP contribution in [0, 0.1) is 0 Å². The van der Waals surface area contributed by atoms with Crippen molar-refractivity contribution in [1.82, 2.24) is 24.2 Å². The molecule has 5 aromatic rings. The topological polar surface area (TPSA) is 146 Å². The van der Waals surface area contributed by atoms with Crippen LogP contribution >= 0.6 is 0 Å². The van der Waals surface area contributed by atoms with E-state index in [1.165, 1.54) is 4.57 Å². The molecular weight excluding hydrogens is 588 g/mol. The van der Waals surface area contributed by atoms with Crippen LogP contribution in [0.4, 0.5) is 0 Å². The van der Waals surface area contributed by atoms with Crippen LogP contribution in [0.3, 0.4) is 0 Å². The van der Waals surface area contributed by atoms with Crippen molar-refractivity contribution in [3.8, 4) is 16.9 Å². The molecule has 1 aliphatic heterocycles. The van der Waals surface area contributed by atoms with Crippen molar-refractivity contribution in [3.63, 3.8) is 0 Å². The zero-order valence-corrected chi connectivity index (χ0v) is 25.8. The number of hydrogen-bond donors (Lipinski definition) is 4. The number of piperidine rings is 1. The summed E-state index contributed by atoms with van der Waals surface area (Å²) >= 11 is 0. The predicted molar refractivity (Wildman–Crippen MR) is 175 cm³/mol. The number of aliphatic hydroxyl groups excluding tert-OH is 1. The Morgan fingerprint density at radius 3 is 2.40 bits per heavy atom. The van der Waals surface area contributed by atoms with Gasteiger partial charge < -0.3 is 21.1 Å². The zero-order valence-electron chi connectivity index (χ0n) is 25.0. The van der Waals surface area contributed by atoms with Crippen molar-refractivity contribution < 1.29 is 13.5 Å². The molecule has 6 rings (SSSR count). The van der Waals surface area contributed by atoms with E-state index in [9.17, 15) is 18.3 Å². The Kier molecular flexibility index (Phi) is 9.24. The smallest absolute Gasteiger partial charge is 0.354 e. The van der Waals surface area contributed by atoms with Crippen LogP contribution in [0.1, 0.15) is 36.0 Å². The fraction of sp³-hybridized carbons (Fsp3) is 0.294. The number of aromatic nitrogens is 3. The Labute approximate surface area is 262 Å². The number of nitrogens with two attached hydrogens (primary N) is 1. The Balaban J connectivity index is 1.23. The van der Waals surface area contributed by atoms with Gasteiger partial charge in [0, 0.05) is 36.4 Å². The second-order valence-corrected chi connectivity index (χ2v) is 13.3. The molecule has 0 radical (unpaired) electrons. The highest BCUT2D eigenvalue weighted by Crippen LogP contribution is 2.28. The van der Waals surface area contributed by atoms with E-state index in [0.29, 0.717) is 30.8 Å². The minimum atomic E-state index is -3.75. The van der Waals surface area contributed by atoms with Crippen molar-refractivity contribution in [1.29, 1.82) is 0 Å². The summed E-state index contributed by atoms with van der Waals surface area (Å²) in [5.74, 6) is 0. The van der Waals surface area contributed by atoms with E-state index >= 15 is 0 Å². The molecule has 0 aliphatic carbocycles. The molecule has 11 heteroatoms. The second-order valence-electron chi connectivity index (χ2n) is 11.5. The summed E-state index contributed by atoms with van der Waals surface area (Å²) in [7, 11) is -3.75. The van der Waals surface area contributed by atoms with Crippen LogP contribution in [-0.2, 0) is 29.6 Å². The molecular formula is C34H38N6O4S. The van der Waals surface area contributed by atoms with Gasteiger partial charge in [-0.05, 0) is 91.4 Å². The van der Waals surface area contributed by atoms with Gasteiger partial charge in [-0.25, -0.2) is 13.2 Å². The summed E-state index contributed by atoms with van der Waals surface area (Å²) in [5, 5.41) is 13.6. The first-order valence-corrected chi connectivity index (χ1v) is 16.7. The normalized spacial score (nSPS) is 14.4. The van der Waals surface area contributed by atoms with Gasteiger partial charge in [-0.1, -0.05) is 48.5 Å². The highest BCUT2D eigenvalue weighted by Gasteiger charge is 2.32. The van der Waals surface area contributed by atoms with E-state index in [1.54, 1.807) is 34.8 Å². The lowest BCUT2D eigenvalue weighted by atomic mass is 10.0. The standard InChI is InChI=1S/C34H38N6O4S/c35-21-25-6-10-29(11-7-25)39-22-28-20-32(37-33(28)38-34(39)42)27-8-12-31(13-9-27)45(43,44)40(30-14-16-36-17-15-30)18-2-5-24-3-1-4-26(19-24)23-41/h1,3-4,6-13,19-20,22,30,36,41H,2,5,14-18,21,23,35H2,(H,37,38,42). The summed E-state index contributed by atoms with van der Waals surface area (Å²) in [6.45, 7) is 2.39. The minimum Gasteiger partial charge on any atom is -0.392 e. The lowest BCUT2D eigenvalue weighted by Crippen LogP contribution is -2.46. The van der Waals surface area contributed by atoms with E-state index in [-0.39, 0.29) is 17.5 Å². The van der Waals surface area contributed by atoms with Crippen LogP contribution in [-0.4, -0.2) is 58.0 Å². The van der Waals surface area contributed by atoms with Crippen molar-refractivity contribution in [3.05, 3.63) is 112 Å². The van der Waals surface area contributed by atoms with Crippen molar-refractivity contribution in [2.45, 2.75) is 49.8 Å². The van der Waals surface area contributed by atoms with Crippen LogP contribution < -0.4 is 16.7 Å². The van der Waals surface area contributed by atoms with Gasteiger partial charge in [-0.15, -0.1) is 0 Å². The van der Waals surface area contributed by atoms with Crippen LogP contribution in [0.25, 0.3) is 28.0 Å². The number of fused-ring (bicyclic) bond motifs is 1. The third-order valence-electron chi connectivity index (χ3n) is 8.46. The molecule has 0 saturated carbocycles. The van der Waals surface area contributed by atoms with E-state index < -0.39 is 15.7 Å². The Hall–Kier alpha value is -4.13. The molecule has 10 nitrogen and oxygen atoms in total. The third-order valence-corrected chi connectivity index (χ3v) is 10.4. The number of aliphatic hydroxyl groups is 1. The maximum atomic E-state index is 14.0. The fourth-order valence-electron chi connectivity index (χ4n) is 5.99. The Morgan fingerprint density at radius 1 is 0.956 bits per heavy atom. The lowest BCUT2D eigenvalue weighted by Gasteiger charge is -2.34. The predicted octanol–water partition coefficient (Wildman–Crippen LogP) is 3.71. The van der Waals surface area contributed by atoms with Crippen LogP contribution in [0.15, 0.2) is 94.7 Å². The largest absolute Gasteiger partial charge is 0.392 e. The van der Waals surface area contributed by atoms with E-state index in [0.717, 1.165) is 65.7 Å². The number of H-pyrrole nitrogens is 1. The molecule has 1 aliphatic rings. The molecule has 1 saturated heterocycles. The van der Waals surface area contributed by atoms with Gasteiger partial charge in [0.25, 0.3) is 0 Å². The number of aryl methyl sites for hydroxylation is 1. The van der Waals surface area contributed by atoms with Gasteiger partial charge >= 0.3 is 5.69 Å². The highest BCUT2D eigenvalue weighted by molar-refractivity contribution is 7.89. The van der Waals surface area contributed by atoms with E-state index in [4.69, 9.17) is 5.73 Å². The molecule has 0 amide bonds. The number of nitrogens with one attached hydrogen (secondary N) is 2. The summed E-state index contributed by atoms with van der Waals surface area (Å²) in [4.78, 5) is 20.5. The van der Waals surface area contributed by atoms with Crippen molar-refractivity contribution >= 4 is 21.1 Å². The fourth-order valence-corrected chi connectivity index (χ4v) is 7.71. The number of rotatable bonds is 11. The maximum Gasteiger partial charge on any atom is 0.354 e. The molecule has 234 valence electrons. The SMILES string of the molecule is NCc1ccc(-n2cc3cc(-c4ccc(S(=O)(=O)N(CCCc5cccc(CO)c5)C5CCNCC5)cc4)[nH]c3nc2=O)cc1. The maximum absolute atomic E-state index is 14.0. The summed E-state index contributed by atoms with van der Waals surface area (Å²) in [5.41, 5.74) is 10.9. The average Bonchev–Trinajstić information content (AvgIpc) is 3.49. The van der Waals surface area contributed by atoms with E-state index in [2.05, 4.69) is 15.3 Å². The first-order valence-electron chi connectivity index (χ1n) is 15.3. The molecule has 3 heterocycles. The first-order chi connectivity index (χ1) is 21.9. The molecule has 0 spiro atoms. The molecule has 2 aromatic heterocycles.